The molecule has 0 aromatic heterocycles. The SMILES string of the molecule is NC(=O)C[NH+]1CCN(S(=O)(=O)c2ccc(Br)cc2Cl)CC1. The summed E-state index contributed by atoms with van der Waals surface area (Å²) in [5.41, 5.74) is 5.16. The molecule has 1 aliphatic heterocycles. The molecule has 2 rings (SSSR count). The Morgan fingerprint density at radius 1 is 1.38 bits per heavy atom. The molecule has 1 heterocycles. The number of sulfonamides is 1. The van der Waals surface area contributed by atoms with E-state index in [1.54, 1.807) is 12.1 Å². The van der Waals surface area contributed by atoms with Gasteiger partial charge >= 0.3 is 0 Å². The fraction of sp³-hybridized carbons (Fsp3) is 0.417. The predicted molar refractivity (Wildman–Crippen MR) is 82.7 cm³/mol. The number of carbonyl (C=O) groups is 1. The van der Waals surface area contributed by atoms with E-state index in [9.17, 15) is 13.2 Å². The van der Waals surface area contributed by atoms with Gasteiger partial charge in [-0.15, -0.1) is 0 Å². The van der Waals surface area contributed by atoms with Crippen LogP contribution in [-0.4, -0.2) is 51.4 Å². The summed E-state index contributed by atoms with van der Waals surface area (Å²) in [4.78, 5) is 12.0. The van der Waals surface area contributed by atoms with Gasteiger partial charge in [-0.2, -0.15) is 4.31 Å². The van der Waals surface area contributed by atoms with Crippen LogP contribution in [0.25, 0.3) is 0 Å². The van der Waals surface area contributed by atoms with E-state index < -0.39 is 10.0 Å². The summed E-state index contributed by atoms with van der Waals surface area (Å²) >= 11 is 9.28. The Morgan fingerprint density at radius 2 is 2.00 bits per heavy atom. The summed E-state index contributed by atoms with van der Waals surface area (Å²) < 4.78 is 27.3. The summed E-state index contributed by atoms with van der Waals surface area (Å²) in [6.45, 7) is 2.02. The standard InChI is InChI=1S/C12H15BrClN3O3S/c13-9-1-2-11(10(14)7-9)21(19,20)17-5-3-16(4-6-17)8-12(15)18/h1-2,7H,3-6,8H2,(H2,15,18)/p+1. The molecule has 1 amide bonds. The van der Waals surface area contributed by atoms with Crippen molar-refractivity contribution in [1.82, 2.24) is 4.31 Å². The number of rotatable bonds is 4. The van der Waals surface area contributed by atoms with Gasteiger partial charge in [-0.1, -0.05) is 27.5 Å². The Labute approximate surface area is 137 Å². The molecule has 0 unspecified atom stereocenters. The Hall–Kier alpha value is -0.670. The molecule has 0 radical (unpaired) electrons. The second-order valence-electron chi connectivity index (χ2n) is 4.87. The highest BCUT2D eigenvalue weighted by Crippen LogP contribution is 2.27. The van der Waals surface area contributed by atoms with E-state index in [1.807, 2.05) is 0 Å². The Bertz CT molecular complexity index is 645. The van der Waals surface area contributed by atoms with Crippen molar-refractivity contribution < 1.29 is 18.1 Å². The molecule has 9 heteroatoms. The molecular formula is C12H16BrClN3O3S+. The van der Waals surface area contributed by atoms with Crippen LogP contribution in [0.1, 0.15) is 0 Å². The average molecular weight is 398 g/mol. The molecule has 1 aromatic rings. The van der Waals surface area contributed by atoms with Gasteiger partial charge in [-0.05, 0) is 18.2 Å². The zero-order chi connectivity index (χ0) is 15.6. The van der Waals surface area contributed by atoms with Gasteiger partial charge in [0.25, 0.3) is 5.91 Å². The minimum absolute atomic E-state index is 0.103. The molecule has 3 N–H and O–H groups in total. The lowest BCUT2D eigenvalue weighted by molar-refractivity contribution is -0.895. The second kappa shape index (κ2) is 6.62. The molecule has 0 spiro atoms. The number of nitrogens with zero attached hydrogens (tertiary/aromatic N) is 1. The van der Waals surface area contributed by atoms with Crippen molar-refractivity contribution in [2.45, 2.75) is 4.90 Å². The predicted octanol–water partition coefficient (Wildman–Crippen LogP) is -0.523. The normalized spacial score (nSPS) is 17.8. The molecule has 116 valence electrons. The van der Waals surface area contributed by atoms with Gasteiger partial charge in [-0.3, -0.25) is 4.79 Å². The van der Waals surface area contributed by atoms with E-state index in [1.165, 1.54) is 10.4 Å². The van der Waals surface area contributed by atoms with Gasteiger partial charge in [0, 0.05) is 4.47 Å². The summed E-state index contributed by atoms with van der Waals surface area (Å²) in [7, 11) is -3.61. The van der Waals surface area contributed by atoms with E-state index in [0.29, 0.717) is 26.2 Å². The van der Waals surface area contributed by atoms with E-state index in [2.05, 4.69) is 15.9 Å². The molecule has 1 fully saturated rings. The quantitative estimate of drug-likeness (QED) is 0.717. The number of piperazine rings is 1. The zero-order valence-electron chi connectivity index (χ0n) is 11.2. The Balaban J connectivity index is 2.13. The van der Waals surface area contributed by atoms with Crippen LogP contribution in [0, 0.1) is 0 Å². The fourth-order valence-corrected chi connectivity index (χ4v) is 4.74. The first kappa shape index (κ1) is 16.7. The molecule has 0 aliphatic carbocycles. The van der Waals surface area contributed by atoms with Gasteiger partial charge in [0.1, 0.15) is 4.90 Å². The highest BCUT2D eigenvalue weighted by molar-refractivity contribution is 9.10. The molecular weight excluding hydrogens is 382 g/mol. The van der Waals surface area contributed by atoms with Crippen molar-refractivity contribution in [2.75, 3.05) is 32.7 Å². The van der Waals surface area contributed by atoms with Crippen LogP contribution in [0.4, 0.5) is 0 Å². The lowest BCUT2D eigenvalue weighted by Gasteiger charge is -2.31. The molecule has 21 heavy (non-hydrogen) atoms. The number of hydrogen-bond donors (Lipinski definition) is 2. The Morgan fingerprint density at radius 3 is 2.52 bits per heavy atom. The maximum atomic E-state index is 12.6. The monoisotopic (exact) mass is 396 g/mol. The van der Waals surface area contributed by atoms with Crippen LogP contribution in [-0.2, 0) is 14.8 Å². The van der Waals surface area contributed by atoms with Gasteiger partial charge in [0.15, 0.2) is 6.54 Å². The first-order valence-corrected chi connectivity index (χ1v) is 8.99. The third-order valence-corrected chi connectivity index (χ3v) is 6.24. The minimum Gasteiger partial charge on any atom is -0.365 e. The number of carbonyl (C=O) groups excluding carboxylic acids is 1. The number of hydrogen-bond acceptors (Lipinski definition) is 3. The molecule has 1 aliphatic rings. The average Bonchev–Trinajstić information content (AvgIpc) is 2.38. The van der Waals surface area contributed by atoms with Crippen LogP contribution in [0.3, 0.4) is 0 Å². The summed E-state index contributed by atoms with van der Waals surface area (Å²) in [6, 6.07) is 4.70. The van der Waals surface area contributed by atoms with Crippen molar-refractivity contribution in [1.29, 1.82) is 0 Å². The molecule has 0 saturated carbocycles. The van der Waals surface area contributed by atoms with Crippen molar-refractivity contribution >= 4 is 43.5 Å². The van der Waals surface area contributed by atoms with Gasteiger partial charge in [-0.25, -0.2) is 8.42 Å². The van der Waals surface area contributed by atoms with E-state index in [-0.39, 0.29) is 22.4 Å². The van der Waals surface area contributed by atoms with Crippen LogP contribution < -0.4 is 10.6 Å². The maximum Gasteiger partial charge on any atom is 0.272 e. The number of nitrogens with one attached hydrogen (secondary N) is 1. The molecule has 0 atom stereocenters. The number of nitrogens with two attached hydrogens (primary N) is 1. The van der Waals surface area contributed by atoms with Crippen LogP contribution in [0.2, 0.25) is 5.02 Å². The first-order valence-electron chi connectivity index (χ1n) is 6.38. The lowest BCUT2D eigenvalue weighted by atomic mass is 10.3. The molecule has 6 nitrogen and oxygen atoms in total. The number of quaternary nitrogens is 1. The van der Waals surface area contributed by atoms with Crippen LogP contribution in [0.15, 0.2) is 27.6 Å². The van der Waals surface area contributed by atoms with Crippen molar-refractivity contribution in [3.8, 4) is 0 Å². The van der Waals surface area contributed by atoms with Gasteiger partial charge in [0.2, 0.25) is 10.0 Å². The Kier molecular flexibility index (Phi) is 5.26. The van der Waals surface area contributed by atoms with Crippen LogP contribution >= 0.6 is 27.5 Å². The zero-order valence-corrected chi connectivity index (χ0v) is 14.3. The maximum absolute atomic E-state index is 12.6. The summed E-state index contributed by atoms with van der Waals surface area (Å²) in [5, 5.41) is 0.191. The smallest absolute Gasteiger partial charge is 0.272 e. The van der Waals surface area contributed by atoms with Crippen molar-refractivity contribution in [3.63, 3.8) is 0 Å². The summed E-state index contributed by atoms with van der Waals surface area (Å²) in [5.74, 6) is -0.378. The highest BCUT2D eigenvalue weighted by Gasteiger charge is 2.32. The number of benzene rings is 1. The topological polar surface area (TPSA) is 84.9 Å². The fourth-order valence-electron chi connectivity index (χ4n) is 2.29. The number of amides is 1. The first-order chi connectivity index (χ1) is 9.80. The van der Waals surface area contributed by atoms with E-state index in [0.717, 1.165) is 9.37 Å². The molecule has 1 aromatic carbocycles. The van der Waals surface area contributed by atoms with Gasteiger partial charge in [0.05, 0.1) is 31.2 Å². The largest absolute Gasteiger partial charge is 0.365 e. The number of primary amides is 1. The van der Waals surface area contributed by atoms with Crippen LogP contribution in [0.5, 0.6) is 0 Å². The summed E-state index contributed by atoms with van der Waals surface area (Å²) in [6.07, 6.45) is 0. The molecule has 0 bridgehead atoms. The van der Waals surface area contributed by atoms with E-state index >= 15 is 0 Å². The van der Waals surface area contributed by atoms with Crippen molar-refractivity contribution in [3.05, 3.63) is 27.7 Å². The lowest BCUT2D eigenvalue weighted by Crippen LogP contribution is -3.15. The third-order valence-electron chi connectivity index (χ3n) is 3.37. The minimum atomic E-state index is -3.61. The van der Waals surface area contributed by atoms with Gasteiger partial charge < -0.3 is 10.6 Å². The molecule has 1 saturated heterocycles. The van der Waals surface area contributed by atoms with Crippen molar-refractivity contribution in [2.24, 2.45) is 5.73 Å². The third kappa shape index (κ3) is 3.95. The highest BCUT2D eigenvalue weighted by atomic mass is 79.9. The second-order valence-corrected chi connectivity index (χ2v) is 8.10. The van der Waals surface area contributed by atoms with E-state index in [4.69, 9.17) is 17.3 Å². The number of halogens is 2.